The highest BCUT2D eigenvalue weighted by Crippen LogP contribution is 2.31. The minimum absolute atomic E-state index is 0.0146. The maximum absolute atomic E-state index is 11.8. The van der Waals surface area contributed by atoms with Gasteiger partial charge in [0.15, 0.2) is 0 Å². The highest BCUT2D eigenvalue weighted by Gasteiger charge is 2.31. The molecule has 0 spiro atoms. The highest BCUT2D eigenvalue weighted by atomic mass is 19.4. The maximum Gasteiger partial charge on any atom is 0.573 e. The number of methoxy groups -OCH3 is 1. The van der Waals surface area contributed by atoms with E-state index < -0.39 is 12.1 Å². The predicted octanol–water partition coefficient (Wildman–Crippen LogP) is 2.39. The Morgan fingerprint density at radius 2 is 2.00 bits per heavy atom. The molecule has 0 aliphatic carbocycles. The quantitative estimate of drug-likeness (QED) is 0.772. The van der Waals surface area contributed by atoms with Crippen LogP contribution in [0.15, 0.2) is 18.2 Å². The van der Waals surface area contributed by atoms with Crippen molar-refractivity contribution < 1.29 is 27.9 Å². The molecule has 0 fully saturated rings. The van der Waals surface area contributed by atoms with Crippen LogP contribution >= 0.6 is 0 Å². The Morgan fingerprint density at radius 3 is 2.47 bits per heavy atom. The molecule has 0 heterocycles. The van der Waals surface area contributed by atoms with E-state index in [-0.39, 0.29) is 11.4 Å². The minimum Gasteiger partial charge on any atom is -0.494 e. The third-order valence-electron chi connectivity index (χ3n) is 1.52. The molecule has 7 heteroatoms. The normalized spacial score (nSPS) is 11.0. The van der Waals surface area contributed by atoms with E-state index in [1.54, 1.807) is 5.48 Å². The molecule has 1 aromatic carbocycles. The van der Waals surface area contributed by atoms with Crippen molar-refractivity contribution in [3.05, 3.63) is 18.2 Å². The van der Waals surface area contributed by atoms with Gasteiger partial charge in [0.2, 0.25) is 0 Å². The number of ether oxygens (including phenoxy) is 2. The molecular formula is C8H8F3NO3. The summed E-state index contributed by atoms with van der Waals surface area (Å²) in [7, 11) is 1.32. The molecule has 2 N–H and O–H groups in total. The van der Waals surface area contributed by atoms with Gasteiger partial charge in [-0.05, 0) is 12.1 Å². The molecule has 15 heavy (non-hydrogen) atoms. The Bertz CT molecular complexity index is 340. The Hall–Kier alpha value is -1.63. The lowest BCUT2D eigenvalue weighted by atomic mass is 10.3. The molecule has 0 bridgehead atoms. The van der Waals surface area contributed by atoms with Crippen LogP contribution in [0.2, 0.25) is 0 Å². The standard InChI is InChI=1S/C8H8F3NO3/c1-14-7-3-2-5(4-6(7)12-13)15-8(9,10)11/h2-4,12-13H,1H3. The van der Waals surface area contributed by atoms with E-state index in [0.29, 0.717) is 0 Å². The summed E-state index contributed by atoms with van der Waals surface area (Å²) in [4.78, 5) is 0. The van der Waals surface area contributed by atoms with Gasteiger partial charge in [-0.15, -0.1) is 13.2 Å². The van der Waals surface area contributed by atoms with E-state index in [1.807, 2.05) is 0 Å². The lowest BCUT2D eigenvalue weighted by molar-refractivity contribution is -0.274. The number of nitrogens with one attached hydrogen (secondary N) is 1. The lowest BCUT2D eigenvalue weighted by Gasteiger charge is -2.11. The van der Waals surface area contributed by atoms with Crippen molar-refractivity contribution in [3.63, 3.8) is 0 Å². The average Bonchev–Trinajstić information content (AvgIpc) is 2.15. The summed E-state index contributed by atoms with van der Waals surface area (Å²) in [5.41, 5.74) is 1.69. The van der Waals surface area contributed by atoms with Crippen LogP contribution < -0.4 is 15.0 Å². The first-order valence-electron chi connectivity index (χ1n) is 3.80. The van der Waals surface area contributed by atoms with E-state index in [1.165, 1.54) is 13.2 Å². The van der Waals surface area contributed by atoms with Gasteiger partial charge in [0.05, 0.1) is 7.11 Å². The van der Waals surface area contributed by atoms with E-state index in [4.69, 9.17) is 9.94 Å². The zero-order valence-corrected chi connectivity index (χ0v) is 7.63. The van der Waals surface area contributed by atoms with Crippen LogP contribution in [0, 0.1) is 0 Å². The second-order valence-electron chi connectivity index (χ2n) is 2.52. The molecule has 1 rings (SSSR count). The first kappa shape index (κ1) is 11.4. The van der Waals surface area contributed by atoms with Gasteiger partial charge in [0, 0.05) is 6.07 Å². The van der Waals surface area contributed by atoms with Crippen LogP contribution in [0.3, 0.4) is 0 Å². The van der Waals surface area contributed by atoms with Crippen LogP contribution in [-0.4, -0.2) is 18.7 Å². The summed E-state index contributed by atoms with van der Waals surface area (Å²) in [5.74, 6) is -0.244. The lowest BCUT2D eigenvalue weighted by Crippen LogP contribution is -2.17. The largest absolute Gasteiger partial charge is 0.573 e. The number of hydrogen-bond acceptors (Lipinski definition) is 4. The summed E-state index contributed by atoms with van der Waals surface area (Å²) >= 11 is 0. The van der Waals surface area contributed by atoms with Crippen LogP contribution in [-0.2, 0) is 0 Å². The molecule has 0 saturated heterocycles. The maximum atomic E-state index is 11.8. The molecule has 1 aromatic rings. The van der Waals surface area contributed by atoms with Gasteiger partial charge in [-0.25, -0.2) is 0 Å². The summed E-state index contributed by atoms with van der Waals surface area (Å²) < 4.78 is 43.9. The van der Waals surface area contributed by atoms with Gasteiger partial charge in [-0.3, -0.25) is 10.7 Å². The van der Waals surface area contributed by atoms with Crippen molar-refractivity contribution in [2.24, 2.45) is 0 Å². The number of alkyl halides is 3. The molecule has 0 radical (unpaired) electrons. The van der Waals surface area contributed by atoms with Crippen LogP contribution in [0.25, 0.3) is 0 Å². The van der Waals surface area contributed by atoms with E-state index in [2.05, 4.69) is 4.74 Å². The molecule has 84 valence electrons. The molecule has 4 nitrogen and oxygen atoms in total. The van der Waals surface area contributed by atoms with Gasteiger partial charge >= 0.3 is 6.36 Å². The van der Waals surface area contributed by atoms with Gasteiger partial charge < -0.3 is 9.47 Å². The number of anilines is 1. The van der Waals surface area contributed by atoms with Gasteiger partial charge in [0.1, 0.15) is 17.2 Å². The highest BCUT2D eigenvalue weighted by molar-refractivity contribution is 5.58. The van der Waals surface area contributed by atoms with Crippen molar-refractivity contribution >= 4 is 5.69 Å². The molecule has 0 amide bonds. The minimum atomic E-state index is -4.76. The third-order valence-corrected chi connectivity index (χ3v) is 1.52. The van der Waals surface area contributed by atoms with Crippen molar-refractivity contribution in [1.29, 1.82) is 0 Å². The smallest absolute Gasteiger partial charge is 0.494 e. The number of benzene rings is 1. The van der Waals surface area contributed by atoms with E-state index in [9.17, 15) is 13.2 Å². The van der Waals surface area contributed by atoms with Crippen molar-refractivity contribution in [2.75, 3.05) is 12.6 Å². The Morgan fingerprint density at radius 1 is 1.33 bits per heavy atom. The summed E-state index contributed by atoms with van der Waals surface area (Å²) in [6.45, 7) is 0. The van der Waals surface area contributed by atoms with Gasteiger partial charge in [-0.1, -0.05) is 0 Å². The second kappa shape index (κ2) is 4.26. The molecule has 0 atom stereocenters. The van der Waals surface area contributed by atoms with Crippen molar-refractivity contribution in [1.82, 2.24) is 0 Å². The van der Waals surface area contributed by atoms with Crippen molar-refractivity contribution in [2.45, 2.75) is 6.36 Å². The fraction of sp³-hybridized carbons (Fsp3) is 0.250. The van der Waals surface area contributed by atoms with Crippen molar-refractivity contribution in [3.8, 4) is 11.5 Å². The number of halogens is 3. The monoisotopic (exact) mass is 223 g/mol. The first-order chi connectivity index (χ1) is 6.96. The van der Waals surface area contributed by atoms with Gasteiger partial charge in [-0.2, -0.15) is 0 Å². The predicted molar refractivity (Wildman–Crippen MR) is 45.1 cm³/mol. The zero-order valence-electron chi connectivity index (χ0n) is 7.63. The fourth-order valence-electron chi connectivity index (χ4n) is 0.972. The molecule has 0 aliphatic rings. The summed E-state index contributed by atoms with van der Waals surface area (Å²) in [5, 5.41) is 8.61. The van der Waals surface area contributed by atoms with Crippen LogP contribution in [0.5, 0.6) is 11.5 Å². The Labute approximate surface area is 83.2 Å². The summed E-state index contributed by atoms with van der Waals surface area (Å²) in [6, 6.07) is 3.28. The zero-order chi connectivity index (χ0) is 11.5. The first-order valence-corrected chi connectivity index (χ1v) is 3.80. The fourth-order valence-corrected chi connectivity index (χ4v) is 0.972. The SMILES string of the molecule is COc1ccc(OC(F)(F)F)cc1NO. The van der Waals surface area contributed by atoms with E-state index >= 15 is 0 Å². The molecule has 0 unspecified atom stereocenters. The average molecular weight is 223 g/mol. The molecule has 0 aliphatic heterocycles. The van der Waals surface area contributed by atoms with Crippen LogP contribution in [0.1, 0.15) is 0 Å². The van der Waals surface area contributed by atoms with E-state index in [0.717, 1.165) is 12.1 Å². The van der Waals surface area contributed by atoms with Gasteiger partial charge in [0.25, 0.3) is 0 Å². The molecule has 0 saturated carbocycles. The Balaban J connectivity index is 2.93. The summed E-state index contributed by atoms with van der Waals surface area (Å²) in [6.07, 6.45) is -4.76. The number of rotatable bonds is 3. The second-order valence-corrected chi connectivity index (χ2v) is 2.52. The molecule has 0 aromatic heterocycles. The third kappa shape index (κ3) is 3.21. The topological polar surface area (TPSA) is 50.7 Å². The molecular weight excluding hydrogens is 215 g/mol. The van der Waals surface area contributed by atoms with Crippen LogP contribution in [0.4, 0.5) is 18.9 Å². The Kier molecular flexibility index (Phi) is 3.25. The number of hydrogen-bond donors (Lipinski definition) is 2.